The van der Waals surface area contributed by atoms with Crippen molar-refractivity contribution in [2.75, 3.05) is 20.2 Å². The third kappa shape index (κ3) is 4.96. The number of nitrogens with one attached hydrogen (secondary N) is 2. The summed E-state index contributed by atoms with van der Waals surface area (Å²) in [5, 5.41) is 11.3. The van der Waals surface area contributed by atoms with E-state index in [-0.39, 0.29) is 0 Å². The van der Waals surface area contributed by atoms with Crippen molar-refractivity contribution < 1.29 is 4.74 Å². The molecule has 0 aromatic carbocycles. The Morgan fingerprint density at radius 3 is 2.83 bits per heavy atom. The van der Waals surface area contributed by atoms with Crippen LogP contribution in [0, 0.1) is 13.8 Å². The van der Waals surface area contributed by atoms with Gasteiger partial charge in [-0.25, -0.2) is 0 Å². The minimum absolute atomic E-state index is 0.297. The molecule has 0 aliphatic carbocycles. The summed E-state index contributed by atoms with van der Waals surface area (Å²) < 4.78 is 7.60. The summed E-state index contributed by atoms with van der Waals surface area (Å²) in [6.45, 7) is 8.18. The molecule has 2 atom stereocenters. The van der Waals surface area contributed by atoms with Gasteiger partial charge in [0.05, 0.1) is 11.8 Å². The normalized spacial score (nSPS) is 19.9. The highest BCUT2D eigenvalue weighted by atomic mass is 16.5. The number of aryl methyl sites for hydroxylation is 2. The molecule has 0 radical (unpaired) electrons. The van der Waals surface area contributed by atoms with Crippen molar-refractivity contribution in [3.8, 4) is 0 Å². The van der Waals surface area contributed by atoms with Gasteiger partial charge in [-0.05, 0) is 52.0 Å². The first-order valence-corrected chi connectivity index (χ1v) is 8.59. The third-order valence-electron chi connectivity index (χ3n) is 4.56. The molecular formula is C17H31N5O. The van der Waals surface area contributed by atoms with E-state index in [2.05, 4.69) is 41.5 Å². The first-order chi connectivity index (χ1) is 11.0. The van der Waals surface area contributed by atoms with Crippen LogP contribution >= 0.6 is 0 Å². The molecule has 1 saturated heterocycles. The standard InChI is InChI=1S/C17H31N5O/c1-12(11-16-13(2)21-22(5)14(16)3)20-17(18-4)19-9-8-15-7-6-10-23-15/h12,15H,6-11H2,1-5H3,(H2,18,19,20). The van der Waals surface area contributed by atoms with Gasteiger partial charge in [-0.15, -0.1) is 0 Å². The van der Waals surface area contributed by atoms with Crippen molar-refractivity contribution in [3.63, 3.8) is 0 Å². The van der Waals surface area contributed by atoms with Crippen molar-refractivity contribution in [1.82, 2.24) is 20.4 Å². The van der Waals surface area contributed by atoms with Crippen molar-refractivity contribution in [1.29, 1.82) is 0 Å². The lowest BCUT2D eigenvalue weighted by molar-refractivity contribution is 0.105. The molecule has 2 unspecified atom stereocenters. The van der Waals surface area contributed by atoms with E-state index in [9.17, 15) is 0 Å². The molecule has 0 bridgehead atoms. The third-order valence-corrected chi connectivity index (χ3v) is 4.56. The Kier molecular flexibility index (Phi) is 6.45. The lowest BCUT2D eigenvalue weighted by Crippen LogP contribution is -2.43. The maximum Gasteiger partial charge on any atom is 0.191 e. The summed E-state index contributed by atoms with van der Waals surface area (Å²) in [5.41, 5.74) is 3.67. The number of hydrogen-bond acceptors (Lipinski definition) is 3. The predicted molar refractivity (Wildman–Crippen MR) is 93.9 cm³/mol. The Bertz CT molecular complexity index is 531. The van der Waals surface area contributed by atoms with Crippen molar-refractivity contribution in [3.05, 3.63) is 17.0 Å². The number of guanidine groups is 1. The van der Waals surface area contributed by atoms with Crippen LogP contribution in [-0.4, -0.2) is 48.1 Å². The smallest absolute Gasteiger partial charge is 0.191 e. The second-order valence-electron chi connectivity index (χ2n) is 6.45. The fourth-order valence-electron chi connectivity index (χ4n) is 3.12. The molecule has 0 amide bonds. The zero-order chi connectivity index (χ0) is 16.8. The Hall–Kier alpha value is -1.56. The molecule has 130 valence electrons. The summed E-state index contributed by atoms with van der Waals surface area (Å²) in [4.78, 5) is 4.32. The van der Waals surface area contributed by atoms with Gasteiger partial charge in [0.2, 0.25) is 0 Å². The number of aromatic nitrogens is 2. The number of nitrogens with zero attached hydrogens (tertiary/aromatic N) is 3. The second-order valence-corrected chi connectivity index (χ2v) is 6.45. The topological polar surface area (TPSA) is 63.5 Å². The highest BCUT2D eigenvalue weighted by Gasteiger charge is 2.16. The van der Waals surface area contributed by atoms with E-state index in [1.165, 1.54) is 24.1 Å². The predicted octanol–water partition coefficient (Wildman–Crippen LogP) is 1.70. The number of aliphatic imine (C=N–C) groups is 1. The fraction of sp³-hybridized carbons (Fsp3) is 0.765. The van der Waals surface area contributed by atoms with Crippen LogP contribution in [0.3, 0.4) is 0 Å². The molecule has 1 fully saturated rings. The average Bonchev–Trinajstić information content (AvgIpc) is 3.11. The largest absolute Gasteiger partial charge is 0.378 e. The van der Waals surface area contributed by atoms with Crippen molar-refractivity contribution in [2.24, 2.45) is 12.0 Å². The summed E-state index contributed by atoms with van der Waals surface area (Å²) in [6.07, 6.45) is 4.77. The van der Waals surface area contributed by atoms with Crippen LogP contribution in [0.2, 0.25) is 0 Å². The van der Waals surface area contributed by atoms with Crippen LogP contribution in [0.4, 0.5) is 0 Å². The van der Waals surface area contributed by atoms with E-state index < -0.39 is 0 Å². The SMILES string of the molecule is CN=C(NCCC1CCCO1)NC(C)Cc1c(C)nn(C)c1C. The summed E-state index contributed by atoms with van der Waals surface area (Å²) in [5.74, 6) is 0.856. The Morgan fingerprint density at radius 2 is 2.26 bits per heavy atom. The highest BCUT2D eigenvalue weighted by Crippen LogP contribution is 2.15. The zero-order valence-corrected chi connectivity index (χ0v) is 15.1. The van der Waals surface area contributed by atoms with Crippen LogP contribution < -0.4 is 10.6 Å². The van der Waals surface area contributed by atoms with Gasteiger partial charge in [-0.3, -0.25) is 9.67 Å². The van der Waals surface area contributed by atoms with E-state index in [1.54, 1.807) is 0 Å². The van der Waals surface area contributed by atoms with E-state index in [0.717, 1.165) is 37.6 Å². The molecule has 6 heteroatoms. The van der Waals surface area contributed by atoms with Crippen LogP contribution in [0.25, 0.3) is 0 Å². The van der Waals surface area contributed by atoms with Gasteiger partial charge >= 0.3 is 0 Å². The van der Waals surface area contributed by atoms with Crippen molar-refractivity contribution >= 4 is 5.96 Å². The molecule has 2 N–H and O–H groups in total. The maximum absolute atomic E-state index is 5.65. The van der Waals surface area contributed by atoms with E-state index in [0.29, 0.717) is 12.1 Å². The fourth-order valence-corrected chi connectivity index (χ4v) is 3.12. The second kappa shape index (κ2) is 8.34. The van der Waals surface area contributed by atoms with Gasteiger partial charge < -0.3 is 15.4 Å². The summed E-state index contributed by atoms with van der Waals surface area (Å²) in [7, 11) is 3.81. The number of ether oxygens (including phenoxy) is 1. The van der Waals surface area contributed by atoms with Gasteiger partial charge in [0.15, 0.2) is 5.96 Å². The quantitative estimate of drug-likeness (QED) is 0.618. The van der Waals surface area contributed by atoms with Gasteiger partial charge in [0, 0.05) is 39.0 Å². The molecule has 1 aromatic rings. The molecule has 1 aliphatic heterocycles. The Labute approximate surface area is 139 Å². The maximum atomic E-state index is 5.65. The van der Waals surface area contributed by atoms with E-state index in [4.69, 9.17) is 4.74 Å². The van der Waals surface area contributed by atoms with E-state index in [1.807, 2.05) is 18.8 Å². The number of rotatable bonds is 6. The molecule has 1 aliphatic rings. The Morgan fingerprint density at radius 1 is 1.48 bits per heavy atom. The molecule has 6 nitrogen and oxygen atoms in total. The van der Waals surface area contributed by atoms with Crippen LogP contribution in [0.15, 0.2) is 4.99 Å². The van der Waals surface area contributed by atoms with Gasteiger partial charge in [0.25, 0.3) is 0 Å². The van der Waals surface area contributed by atoms with Crippen LogP contribution in [0.5, 0.6) is 0 Å². The minimum atomic E-state index is 0.297. The monoisotopic (exact) mass is 321 g/mol. The van der Waals surface area contributed by atoms with E-state index >= 15 is 0 Å². The molecular weight excluding hydrogens is 290 g/mol. The first-order valence-electron chi connectivity index (χ1n) is 8.59. The Balaban J connectivity index is 1.78. The van der Waals surface area contributed by atoms with Gasteiger partial charge in [0.1, 0.15) is 0 Å². The summed E-state index contributed by atoms with van der Waals surface area (Å²) >= 11 is 0. The number of hydrogen-bond donors (Lipinski definition) is 2. The molecule has 0 spiro atoms. The van der Waals surface area contributed by atoms with Gasteiger partial charge in [-0.2, -0.15) is 5.10 Å². The van der Waals surface area contributed by atoms with Crippen molar-refractivity contribution in [2.45, 2.75) is 58.6 Å². The zero-order valence-electron chi connectivity index (χ0n) is 15.1. The summed E-state index contributed by atoms with van der Waals surface area (Å²) in [6, 6.07) is 0.297. The molecule has 2 heterocycles. The van der Waals surface area contributed by atoms with Gasteiger partial charge in [-0.1, -0.05) is 0 Å². The molecule has 23 heavy (non-hydrogen) atoms. The average molecular weight is 321 g/mol. The minimum Gasteiger partial charge on any atom is -0.378 e. The lowest BCUT2D eigenvalue weighted by atomic mass is 10.1. The highest BCUT2D eigenvalue weighted by molar-refractivity contribution is 5.79. The molecule has 2 rings (SSSR count). The lowest BCUT2D eigenvalue weighted by Gasteiger charge is -2.19. The van der Waals surface area contributed by atoms with Crippen LogP contribution in [0.1, 0.15) is 43.1 Å². The van der Waals surface area contributed by atoms with Crippen LogP contribution in [-0.2, 0) is 18.2 Å². The first kappa shape index (κ1) is 17.8. The molecule has 1 aromatic heterocycles. The molecule has 0 saturated carbocycles.